The van der Waals surface area contributed by atoms with Gasteiger partial charge >= 0.3 is 5.97 Å². The van der Waals surface area contributed by atoms with Gasteiger partial charge in [0, 0.05) is 16.7 Å². The predicted molar refractivity (Wildman–Crippen MR) is 117 cm³/mol. The van der Waals surface area contributed by atoms with Crippen LogP contribution in [-0.2, 0) is 19.6 Å². The van der Waals surface area contributed by atoms with Crippen LogP contribution in [0.2, 0.25) is 0 Å². The van der Waals surface area contributed by atoms with Crippen molar-refractivity contribution in [3.63, 3.8) is 0 Å². The Hall–Kier alpha value is -2.23. The molecule has 1 saturated heterocycles. The number of hydrogen-bond acceptors (Lipinski definition) is 5. The van der Waals surface area contributed by atoms with Crippen molar-refractivity contribution in [2.75, 3.05) is 18.5 Å². The Labute approximate surface area is 184 Å². The predicted octanol–water partition coefficient (Wildman–Crippen LogP) is 3.81. The number of benzene rings is 2. The first-order valence-corrected chi connectivity index (χ1v) is 11.9. The molecule has 1 aliphatic heterocycles. The van der Waals surface area contributed by atoms with Crippen LogP contribution in [0.3, 0.4) is 0 Å². The maximum atomic E-state index is 13.1. The first-order chi connectivity index (χ1) is 14.3. The number of carbonyl (C=O) groups excluding carboxylic acids is 2. The van der Waals surface area contributed by atoms with Gasteiger partial charge in [0.1, 0.15) is 6.04 Å². The summed E-state index contributed by atoms with van der Waals surface area (Å²) in [4.78, 5) is 24.8. The van der Waals surface area contributed by atoms with Gasteiger partial charge in [0.15, 0.2) is 0 Å². The Bertz CT molecular complexity index is 1010. The first-order valence-electron chi connectivity index (χ1n) is 9.68. The molecule has 9 heteroatoms. The molecule has 1 aliphatic rings. The highest BCUT2D eigenvalue weighted by Crippen LogP contribution is 2.27. The van der Waals surface area contributed by atoms with Crippen LogP contribution in [0.1, 0.15) is 36.5 Å². The molecule has 160 valence electrons. The van der Waals surface area contributed by atoms with E-state index in [0.29, 0.717) is 24.1 Å². The lowest BCUT2D eigenvalue weighted by atomic mass is 10.0. The molecule has 0 bridgehead atoms. The second-order valence-electron chi connectivity index (χ2n) is 6.87. The second kappa shape index (κ2) is 9.72. The van der Waals surface area contributed by atoms with Gasteiger partial charge < -0.3 is 10.1 Å². The van der Waals surface area contributed by atoms with E-state index in [9.17, 15) is 18.0 Å². The van der Waals surface area contributed by atoms with Crippen molar-refractivity contribution in [3.8, 4) is 0 Å². The minimum absolute atomic E-state index is 0.157. The molecule has 1 N–H and O–H groups in total. The smallest absolute Gasteiger partial charge is 0.338 e. The Morgan fingerprint density at radius 3 is 2.40 bits per heavy atom. The minimum atomic E-state index is -3.80. The molecule has 30 heavy (non-hydrogen) atoms. The molecule has 0 spiro atoms. The van der Waals surface area contributed by atoms with Crippen LogP contribution >= 0.6 is 15.9 Å². The highest BCUT2D eigenvalue weighted by atomic mass is 79.9. The fourth-order valence-electron chi connectivity index (χ4n) is 3.33. The lowest BCUT2D eigenvalue weighted by Crippen LogP contribution is -2.49. The fraction of sp³-hybridized carbons (Fsp3) is 0.333. The number of amides is 1. The van der Waals surface area contributed by atoms with Gasteiger partial charge in [0.05, 0.1) is 17.1 Å². The molecule has 1 atom stereocenters. The average molecular weight is 495 g/mol. The van der Waals surface area contributed by atoms with Gasteiger partial charge in [0.2, 0.25) is 15.9 Å². The van der Waals surface area contributed by atoms with E-state index in [1.165, 1.54) is 16.4 Å². The maximum absolute atomic E-state index is 13.1. The quantitative estimate of drug-likeness (QED) is 0.616. The molecule has 1 heterocycles. The summed E-state index contributed by atoms with van der Waals surface area (Å²) in [7, 11) is -3.80. The molecule has 0 aliphatic carbocycles. The van der Waals surface area contributed by atoms with E-state index < -0.39 is 22.0 Å². The van der Waals surface area contributed by atoms with Crippen molar-refractivity contribution in [1.29, 1.82) is 0 Å². The molecule has 1 amide bonds. The number of nitrogens with one attached hydrogen (secondary N) is 1. The third kappa shape index (κ3) is 5.08. The van der Waals surface area contributed by atoms with Crippen molar-refractivity contribution >= 4 is 43.5 Å². The van der Waals surface area contributed by atoms with Crippen LogP contribution in [0.5, 0.6) is 0 Å². The molecular formula is C21H23BrN2O5S. The maximum Gasteiger partial charge on any atom is 0.338 e. The normalized spacial score (nSPS) is 17.3. The van der Waals surface area contributed by atoms with Crippen molar-refractivity contribution in [2.24, 2.45) is 0 Å². The van der Waals surface area contributed by atoms with Crippen LogP contribution < -0.4 is 5.32 Å². The van der Waals surface area contributed by atoms with Gasteiger partial charge in [-0.3, -0.25) is 4.79 Å². The van der Waals surface area contributed by atoms with Gasteiger partial charge in [-0.15, -0.1) is 0 Å². The van der Waals surface area contributed by atoms with Gasteiger partial charge in [-0.1, -0.05) is 22.4 Å². The minimum Gasteiger partial charge on any atom is -0.462 e. The lowest BCUT2D eigenvalue weighted by molar-refractivity contribution is -0.120. The fourth-order valence-corrected chi connectivity index (χ4v) is 5.25. The summed E-state index contributed by atoms with van der Waals surface area (Å²) in [6.45, 7) is 2.30. The number of nitrogens with zero attached hydrogens (tertiary/aromatic N) is 1. The van der Waals surface area contributed by atoms with Crippen molar-refractivity contribution in [2.45, 2.75) is 37.1 Å². The Balaban J connectivity index is 1.76. The summed E-state index contributed by atoms with van der Waals surface area (Å²) in [5.74, 6) is -0.825. The highest BCUT2D eigenvalue weighted by molar-refractivity contribution is 9.10. The van der Waals surface area contributed by atoms with E-state index in [4.69, 9.17) is 4.74 Å². The summed E-state index contributed by atoms with van der Waals surface area (Å²) in [6, 6.07) is 11.9. The molecule has 2 aromatic rings. The SMILES string of the molecule is CCOC(=O)c1ccc(NC(=O)[C@@H]2CCCCN2S(=O)(=O)c2ccc(Br)cc2)cc1. The summed E-state index contributed by atoms with van der Waals surface area (Å²) < 4.78 is 33.3. The van der Waals surface area contributed by atoms with Crippen LogP contribution in [0.4, 0.5) is 5.69 Å². The van der Waals surface area contributed by atoms with E-state index in [0.717, 1.165) is 10.9 Å². The number of anilines is 1. The van der Waals surface area contributed by atoms with E-state index in [-0.39, 0.29) is 24.0 Å². The van der Waals surface area contributed by atoms with Gasteiger partial charge in [-0.05, 0) is 68.3 Å². The second-order valence-corrected chi connectivity index (χ2v) is 9.67. The van der Waals surface area contributed by atoms with Gasteiger partial charge in [-0.2, -0.15) is 4.31 Å². The monoisotopic (exact) mass is 494 g/mol. The van der Waals surface area contributed by atoms with E-state index in [2.05, 4.69) is 21.2 Å². The van der Waals surface area contributed by atoms with Crippen LogP contribution in [0.15, 0.2) is 57.9 Å². The zero-order valence-corrected chi connectivity index (χ0v) is 18.9. The van der Waals surface area contributed by atoms with Crippen molar-refractivity contribution in [1.82, 2.24) is 4.31 Å². The zero-order chi connectivity index (χ0) is 21.7. The number of hydrogen-bond donors (Lipinski definition) is 1. The third-order valence-electron chi connectivity index (χ3n) is 4.84. The number of carbonyl (C=O) groups is 2. The largest absolute Gasteiger partial charge is 0.462 e. The first kappa shape index (κ1) is 22.5. The van der Waals surface area contributed by atoms with Crippen molar-refractivity contribution < 1.29 is 22.7 Å². The van der Waals surface area contributed by atoms with Gasteiger partial charge in [0.25, 0.3) is 0 Å². The van der Waals surface area contributed by atoms with Crippen LogP contribution in [0, 0.1) is 0 Å². The highest BCUT2D eigenvalue weighted by Gasteiger charge is 2.37. The number of sulfonamides is 1. The Morgan fingerprint density at radius 1 is 1.10 bits per heavy atom. The van der Waals surface area contributed by atoms with E-state index >= 15 is 0 Å². The molecule has 7 nitrogen and oxygen atoms in total. The molecule has 2 aromatic carbocycles. The average Bonchev–Trinajstić information content (AvgIpc) is 2.74. The Kier molecular flexibility index (Phi) is 7.27. The summed E-state index contributed by atoms with van der Waals surface area (Å²) in [6.07, 6.45) is 1.92. The number of halogens is 1. The molecule has 0 aromatic heterocycles. The lowest BCUT2D eigenvalue weighted by Gasteiger charge is -2.33. The summed E-state index contributed by atoms with van der Waals surface area (Å²) in [5.41, 5.74) is 0.867. The van der Waals surface area contributed by atoms with E-state index in [1.54, 1.807) is 43.3 Å². The summed E-state index contributed by atoms with van der Waals surface area (Å²) in [5, 5.41) is 2.77. The van der Waals surface area contributed by atoms with Crippen LogP contribution in [0.25, 0.3) is 0 Å². The Morgan fingerprint density at radius 2 is 1.77 bits per heavy atom. The molecule has 0 saturated carbocycles. The topological polar surface area (TPSA) is 92.8 Å². The van der Waals surface area contributed by atoms with Crippen LogP contribution in [-0.4, -0.2) is 43.8 Å². The molecule has 0 unspecified atom stereocenters. The zero-order valence-electron chi connectivity index (χ0n) is 16.5. The van der Waals surface area contributed by atoms with Crippen molar-refractivity contribution in [3.05, 3.63) is 58.6 Å². The third-order valence-corrected chi connectivity index (χ3v) is 7.29. The number of ether oxygens (including phenoxy) is 1. The number of rotatable bonds is 6. The number of esters is 1. The standard InChI is InChI=1S/C21H23BrN2O5S/c1-2-29-21(26)15-6-10-17(11-7-15)23-20(25)19-5-3-4-14-24(19)30(27,28)18-12-8-16(22)9-13-18/h6-13,19H,2-5,14H2,1H3,(H,23,25)/t19-/m0/s1. The van der Waals surface area contributed by atoms with E-state index in [1.807, 2.05) is 0 Å². The summed E-state index contributed by atoms with van der Waals surface area (Å²) >= 11 is 3.30. The molecule has 3 rings (SSSR count). The molecule has 1 fully saturated rings. The molecular weight excluding hydrogens is 472 g/mol. The number of piperidine rings is 1. The van der Waals surface area contributed by atoms with Gasteiger partial charge in [-0.25, -0.2) is 13.2 Å². The molecule has 0 radical (unpaired) electrons.